The average molecular weight is 235 g/mol. The zero-order valence-corrected chi connectivity index (χ0v) is 7.39. The van der Waals surface area contributed by atoms with Crippen molar-refractivity contribution < 1.29 is 0 Å². The van der Waals surface area contributed by atoms with Gasteiger partial charge in [-0.3, -0.25) is 0 Å². The summed E-state index contributed by atoms with van der Waals surface area (Å²) in [6, 6.07) is 0. The Morgan fingerprint density at radius 2 is 2.22 bits per heavy atom. The highest BCUT2D eigenvalue weighted by molar-refractivity contribution is 14.1. The summed E-state index contributed by atoms with van der Waals surface area (Å²) in [6.07, 6.45) is 3.65. The standard InChI is InChI=1S/C7H10IN/c1-3-7(5-9)4-6(2)8/h3-4H,1-2,5,9H2/b7-4+. The molecule has 0 aliphatic carbocycles. The first kappa shape index (κ1) is 8.91. The highest BCUT2D eigenvalue weighted by Crippen LogP contribution is 2.06. The minimum Gasteiger partial charge on any atom is -0.326 e. The monoisotopic (exact) mass is 235 g/mol. The predicted molar refractivity (Wildman–Crippen MR) is 50.5 cm³/mol. The molecule has 2 heteroatoms. The highest BCUT2D eigenvalue weighted by Gasteiger charge is 1.85. The molecule has 0 aliphatic heterocycles. The van der Waals surface area contributed by atoms with Gasteiger partial charge in [0.05, 0.1) is 0 Å². The van der Waals surface area contributed by atoms with Crippen molar-refractivity contribution in [3.05, 3.63) is 34.5 Å². The predicted octanol–water partition coefficient (Wildman–Crippen LogP) is 2.01. The van der Waals surface area contributed by atoms with Crippen LogP contribution in [0.1, 0.15) is 0 Å². The Hall–Kier alpha value is -0.0900. The second kappa shape index (κ2) is 4.76. The summed E-state index contributed by atoms with van der Waals surface area (Å²) >= 11 is 2.13. The van der Waals surface area contributed by atoms with Crippen molar-refractivity contribution in [3.8, 4) is 0 Å². The lowest BCUT2D eigenvalue weighted by molar-refractivity contribution is 1.19. The number of rotatable bonds is 3. The number of halogens is 1. The first-order valence-corrected chi connectivity index (χ1v) is 3.66. The molecule has 0 unspecified atom stereocenters. The van der Waals surface area contributed by atoms with Gasteiger partial charge in [0, 0.05) is 10.1 Å². The van der Waals surface area contributed by atoms with Crippen LogP contribution in [0.5, 0.6) is 0 Å². The molecule has 0 saturated carbocycles. The Balaban J connectivity index is 4.07. The maximum atomic E-state index is 5.35. The minimum atomic E-state index is 0.533. The number of hydrogen-bond acceptors (Lipinski definition) is 1. The second-order valence-corrected chi connectivity index (χ2v) is 2.96. The lowest BCUT2D eigenvalue weighted by Gasteiger charge is -1.92. The van der Waals surface area contributed by atoms with E-state index < -0.39 is 0 Å². The second-order valence-electron chi connectivity index (χ2n) is 1.57. The van der Waals surface area contributed by atoms with E-state index in [9.17, 15) is 0 Å². The summed E-state index contributed by atoms with van der Waals surface area (Å²) < 4.78 is 0.980. The first-order valence-electron chi connectivity index (χ1n) is 2.58. The third kappa shape index (κ3) is 4.42. The van der Waals surface area contributed by atoms with Crippen LogP contribution in [0.4, 0.5) is 0 Å². The molecule has 0 radical (unpaired) electrons. The van der Waals surface area contributed by atoms with Gasteiger partial charge in [0.15, 0.2) is 0 Å². The van der Waals surface area contributed by atoms with Gasteiger partial charge in [0.2, 0.25) is 0 Å². The zero-order chi connectivity index (χ0) is 7.28. The molecule has 0 spiro atoms. The summed E-state index contributed by atoms with van der Waals surface area (Å²) in [5.41, 5.74) is 6.37. The van der Waals surface area contributed by atoms with Gasteiger partial charge >= 0.3 is 0 Å². The van der Waals surface area contributed by atoms with Crippen LogP contribution in [-0.2, 0) is 0 Å². The van der Waals surface area contributed by atoms with Crippen molar-refractivity contribution in [3.63, 3.8) is 0 Å². The van der Waals surface area contributed by atoms with Gasteiger partial charge in [0.25, 0.3) is 0 Å². The van der Waals surface area contributed by atoms with E-state index >= 15 is 0 Å². The van der Waals surface area contributed by atoms with Gasteiger partial charge in [-0.1, -0.05) is 19.2 Å². The van der Waals surface area contributed by atoms with E-state index in [1.807, 2.05) is 6.08 Å². The van der Waals surface area contributed by atoms with Crippen molar-refractivity contribution in [1.82, 2.24) is 0 Å². The molecule has 0 rings (SSSR count). The van der Waals surface area contributed by atoms with E-state index in [2.05, 4.69) is 35.7 Å². The molecular weight excluding hydrogens is 225 g/mol. The molecule has 0 amide bonds. The Morgan fingerprint density at radius 3 is 2.33 bits per heavy atom. The van der Waals surface area contributed by atoms with E-state index in [1.165, 1.54) is 0 Å². The SMILES string of the molecule is C=C/C(=C\C(=C)I)CN. The largest absolute Gasteiger partial charge is 0.326 e. The summed E-state index contributed by atoms with van der Waals surface area (Å²) in [4.78, 5) is 0. The molecule has 0 fully saturated rings. The van der Waals surface area contributed by atoms with Gasteiger partial charge in [-0.05, 0) is 34.2 Å². The van der Waals surface area contributed by atoms with Crippen LogP contribution in [0.25, 0.3) is 0 Å². The molecule has 0 bridgehead atoms. The fourth-order valence-corrected chi connectivity index (χ4v) is 0.802. The maximum absolute atomic E-state index is 5.35. The van der Waals surface area contributed by atoms with Crippen molar-refractivity contribution in [1.29, 1.82) is 0 Å². The number of allylic oxidation sites excluding steroid dienone is 2. The van der Waals surface area contributed by atoms with Gasteiger partial charge in [0.1, 0.15) is 0 Å². The molecule has 0 aromatic heterocycles. The van der Waals surface area contributed by atoms with Crippen LogP contribution in [0, 0.1) is 0 Å². The van der Waals surface area contributed by atoms with Crippen molar-refractivity contribution in [2.75, 3.05) is 6.54 Å². The van der Waals surface area contributed by atoms with Crippen LogP contribution in [0.15, 0.2) is 34.5 Å². The molecule has 9 heavy (non-hydrogen) atoms. The summed E-state index contributed by atoms with van der Waals surface area (Å²) in [7, 11) is 0. The molecule has 0 aromatic carbocycles. The lowest BCUT2D eigenvalue weighted by atomic mass is 10.2. The van der Waals surface area contributed by atoms with E-state index in [1.54, 1.807) is 6.08 Å². The topological polar surface area (TPSA) is 26.0 Å². The first-order chi connectivity index (χ1) is 4.20. The average Bonchev–Trinajstić information content (AvgIpc) is 1.82. The van der Waals surface area contributed by atoms with Gasteiger partial charge in [-0.15, -0.1) is 0 Å². The quantitative estimate of drug-likeness (QED) is 0.587. The third-order valence-electron chi connectivity index (χ3n) is 0.840. The minimum absolute atomic E-state index is 0.533. The molecule has 0 saturated heterocycles. The number of hydrogen-bond donors (Lipinski definition) is 1. The molecule has 0 aliphatic rings. The fraction of sp³-hybridized carbons (Fsp3) is 0.143. The van der Waals surface area contributed by atoms with E-state index in [-0.39, 0.29) is 0 Å². The normalized spacial score (nSPS) is 11.1. The molecule has 2 N–H and O–H groups in total. The summed E-state index contributed by atoms with van der Waals surface area (Å²) in [6.45, 7) is 7.82. The van der Waals surface area contributed by atoms with Crippen LogP contribution in [-0.4, -0.2) is 6.54 Å². The van der Waals surface area contributed by atoms with Crippen LogP contribution >= 0.6 is 22.6 Å². The van der Waals surface area contributed by atoms with Crippen LogP contribution in [0.2, 0.25) is 0 Å². The molecule has 0 atom stereocenters. The van der Waals surface area contributed by atoms with Crippen molar-refractivity contribution in [2.24, 2.45) is 5.73 Å². The lowest BCUT2D eigenvalue weighted by Crippen LogP contribution is -2.00. The van der Waals surface area contributed by atoms with Crippen molar-refractivity contribution in [2.45, 2.75) is 0 Å². The Bertz CT molecular complexity index is 147. The summed E-state index contributed by atoms with van der Waals surface area (Å²) in [5, 5.41) is 0. The Labute approximate surface area is 69.5 Å². The smallest absolute Gasteiger partial charge is 0.0178 e. The Morgan fingerprint density at radius 1 is 1.67 bits per heavy atom. The molecule has 0 aromatic rings. The molecule has 1 nitrogen and oxygen atoms in total. The van der Waals surface area contributed by atoms with Gasteiger partial charge in [-0.25, -0.2) is 0 Å². The van der Waals surface area contributed by atoms with Crippen LogP contribution in [0.3, 0.4) is 0 Å². The Kier molecular flexibility index (Phi) is 4.71. The molecule has 0 heterocycles. The van der Waals surface area contributed by atoms with Crippen molar-refractivity contribution >= 4 is 22.6 Å². The highest BCUT2D eigenvalue weighted by atomic mass is 127. The molecule has 50 valence electrons. The molecular formula is C7H10IN. The van der Waals surface area contributed by atoms with Gasteiger partial charge in [-0.2, -0.15) is 0 Å². The maximum Gasteiger partial charge on any atom is 0.0178 e. The van der Waals surface area contributed by atoms with Crippen LogP contribution < -0.4 is 5.73 Å². The third-order valence-corrected chi connectivity index (χ3v) is 1.15. The summed E-state index contributed by atoms with van der Waals surface area (Å²) in [5.74, 6) is 0. The number of nitrogens with two attached hydrogens (primary N) is 1. The van der Waals surface area contributed by atoms with E-state index in [0.717, 1.165) is 9.15 Å². The van der Waals surface area contributed by atoms with E-state index in [0.29, 0.717) is 6.54 Å². The van der Waals surface area contributed by atoms with Gasteiger partial charge < -0.3 is 5.73 Å². The van der Waals surface area contributed by atoms with E-state index in [4.69, 9.17) is 5.73 Å². The zero-order valence-electron chi connectivity index (χ0n) is 5.23. The fourth-order valence-electron chi connectivity index (χ4n) is 0.402.